The van der Waals surface area contributed by atoms with E-state index in [0.29, 0.717) is 12.2 Å². The molecule has 1 aromatic rings. The van der Waals surface area contributed by atoms with Crippen LogP contribution in [0.25, 0.3) is 0 Å². The molecule has 0 unspecified atom stereocenters. The van der Waals surface area contributed by atoms with E-state index in [2.05, 4.69) is 9.13 Å². The predicted octanol–water partition coefficient (Wildman–Crippen LogP) is 0.787. The van der Waals surface area contributed by atoms with E-state index in [-0.39, 0.29) is 17.3 Å². The van der Waals surface area contributed by atoms with E-state index in [1.807, 2.05) is 0 Å². The minimum atomic E-state index is -3.61. The van der Waals surface area contributed by atoms with Crippen molar-refractivity contribution < 1.29 is 17.9 Å². The quantitative estimate of drug-likeness (QED) is 0.757. The number of carbonyl (C=O) groups is 1. The molecule has 0 radical (unpaired) electrons. The average molecular weight is 268 g/mol. The second-order valence-electron chi connectivity index (χ2n) is 3.68. The number of esters is 1. The fourth-order valence-corrected chi connectivity index (χ4v) is 2.69. The molecule has 0 atom stereocenters. The number of para-hydroxylation sites is 1. The zero-order chi connectivity index (χ0) is 13.2. The molecule has 0 bridgehead atoms. The van der Waals surface area contributed by atoms with Crippen molar-refractivity contribution in [3.05, 3.63) is 24.3 Å². The lowest BCUT2D eigenvalue weighted by Crippen LogP contribution is -2.29. The first-order chi connectivity index (χ1) is 8.54. The molecule has 18 heavy (non-hydrogen) atoms. The number of hydrogen-bond acceptors (Lipinski definition) is 5. The summed E-state index contributed by atoms with van der Waals surface area (Å²) in [6, 6.07) is 6.54. The lowest BCUT2D eigenvalue weighted by atomic mass is 10.3. The average Bonchev–Trinajstić information content (AvgIpc) is 2.38. The molecular weight excluding hydrogens is 256 g/mol. The Kier molecular flexibility index (Phi) is 3.33. The van der Waals surface area contributed by atoms with Crippen molar-refractivity contribution in [2.75, 3.05) is 18.6 Å². The lowest BCUT2D eigenvalue weighted by molar-refractivity contribution is -0.140. The van der Waals surface area contributed by atoms with Crippen molar-refractivity contribution in [2.45, 2.75) is 11.3 Å². The molecule has 0 amide bonds. The smallest absolute Gasteiger partial charge is 0.307 e. The van der Waals surface area contributed by atoms with Gasteiger partial charge in [0.2, 0.25) is 0 Å². The number of carbonyl (C=O) groups excluding carboxylic acids is 1. The summed E-state index contributed by atoms with van der Waals surface area (Å²) in [5, 5.41) is 0. The van der Waals surface area contributed by atoms with E-state index in [9.17, 15) is 13.2 Å². The van der Waals surface area contributed by atoms with E-state index in [4.69, 9.17) is 0 Å². The van der Waals surface area contributed by atoms with Crippen molar-refractivity contribution in [2.24, 2.45) is 4.40 Å². The van der Waals surface area contributed by atoms with Crippen molar-refractivity contribution in [3.8, 4) is 0 Å². The summed E-state index contributed by atoms with van der Waals surface area (Å²) in [7, 11) is -2.30. The van der Waals surface area contributed by atoms with Crippen LogP contribution in [0.1, 0.15) is 6.42 Å². The number of ether oxygens (including phenoxy) is 1. The maximum absolute atomic E-state index is 11.7. The predicted molar refractivity (Wildman–Crippen MR) is 66.1 cm³/mol. The van der Waals surface area contributed by atoms with Crippen LogP contribution in [-0.4, -0.2) is 34.4 Å². The van der Waals surface area contributed by atoms with Crippen LogP contribution in [0, 0.1) is 0 Å². The third-order valence-electron chi connectivity index (χ3n) is 2.56. The standard InChI is InChI=1S/C11H12N2O4S/c1-17-11(14)6-7-13-8-12-18(15,16)10-5-3-2-4-9(10)13/h2-5,8H,6-7H2,1H3. The van der Waals surface area contributed by atoms with Crippen LogP contribution in [0.5, 0.6) is 0 Å². The van der Waals surface area contributed by atoms with Gasteiger partial charge in [-0.25, -0.2) is 0 Å². The van der Waals surface area contributed by atoms with Crippen LogP contribution in [0.2, 0.25) is 0 Å². The number of nitrogens with zero attached hydrogens (tertiary/aromatic N) is 2. The SMILES string of the molecule is COC(=O)CCN1C=NS(=O)(=O)c2ccccc21. The highest BCUT2D eigenvalue weighted by Crippen LogP contribution is 2.29. The van der Waals surface area contributed by atoms with E-state index in [1.54, 1.807) is 23.1 Å². The summed E-state index contributed by atoms with van der Waals surface area (Å²) >= 11 is 0. The molecule has 0 aromatic heterocycles. The summed E-state index contributed by atoms with van der Waals surface area (Å²) in [5.41, 5.74) is 0.524. The van der Waals surface area contributed by atoms with Crippen LogP contribution < -0.4 is 4.90 Å². The molecule has 0 aliphatic carbocycles. The monoisotopic (exact) mass is 268 g/mol. The third-order valence-corrected chi connectivity index (χ3v) is 3.84. The van der Waals surface area contributed by atoms with E-state index < -0.39 is 10.0 Å². The number of hydrogen-bond donors (Lipinski definition) is 0. The molecule has 1 heterocycles. The fourth-order valence-electron chi connectivity index (χ4n) is 1.64. The van der Waals surface area contributed by atoms with Crippen molar-refractivity contribution in [3.63, 3.8) is 0 Å². The Balaban J connectivity index is 2.28. The van der Waals surface area contributed by atoms with Gasteiger partial charge in [-0.15, -0.1) is 4.40 Å². The Hall–Kier alpha value is -1.89. The summed E-state index contributed by atoms with van der Waals surface area (Å²) in [6.45, 7) is 0.322. The van der Waals surface area contributed by atoms with E-state index in [0.717, 1.165) is 0 Å². The number of sulfonamides is 1. The first kappa shape index (κ1) is 12.6. The maximum atomic E-state index is 11.7. The van der Waals surface area contributed by atoms with Crippen molar-refractivity contribution in [1.29, 1.82) is 0 Å². The van der Waals surface area contributed by atoms with Gasteiger partial charge in [-0.3, -0.25) is 4.79 Å². The van der Waals surface area contributed by atoms with Crippen LogP contribution in [0.4, 0.5) is 5.69 Å². The van der Waals surface area contributed by atoms with Gasteiger partial charge in [0.1, 0.15) is 11.2 Å². The summed E-state index contributed by atoms with van der Waals surface area (Å²) in [5.74, 6) is -0.352. The second-order valence-corrected chi connectivity index (χ2v) is 5.28. The van der Waals surface area contributed by atoms with Crippen LogP contribution in [0.3, 0.4) is 0 Å². The molecule has 0 saturated heterocycles. The van der Waals surface area contributed by atoms with Gasteiger partial charge in [-0.1, -0.05) is 12.1 Å². The topological polar surface area (TPSA) is 76.0 Å². The molecule has 7 heteroatoms. The number of anilines is 1. The number of methoxy groups -OCH3 is 1. The Labute approximate surface area is 105 Å². The van der Waals surface area contributed by atoms with E-state index >= 15 is 0 Å². The summed E-state index contributed by atoms with van der Waals surface area (Å²) in [6.07, 6.45) is 1.39. The summed E-state index contributed by atoms with van der Waals surface area (Å²) in [4.78, 5) is 12.9. The van der Waals surface area contributed by atoms with Crippen LogP contribution in [0.15, 0.2) is 33.6 Å². The van der Waals surface area contributed by atoms with Crippen LogP contribution in [-0.2, 0) is 19.6 Å². The first-order valence-corrected chi connectivity index (χ1v) is 6.71. The van der Waals surface area contributed by atoms with Gasteiger partial charge < -0.3 is 9.64 Å². The molecule has 1 aliphatic rings. The Morgan fingerprint density at radius 1 is 1.39 bits per heavy atom. The molecule has 96 valence electrons. The Morgan fingerprint density at radius 3 is 2.83 bits per heavy atom. The van der Waals surface area contributed by atoms with Crippen LogP contribution >= 0.6 is 0 Å². The fraction of sp³-hybridized carbons (Fsp3) is 0.273. The van der Waals surface area contributed by atoms with Gasteiger partial charge in [-0.05, 0) is 12.1 Å². The maximum Gasteiger partial charge on any atom is 0.307 e. The number of fused-ring (bicyclic) bond motifs is 1. The molecule has 6 nitrogen and oxygen atoms in total. The third kappa shape index (κ3) is 2.35. The van der Waals surface area contributed by atoms with Gasteiger partial charge in [0.25, 0.3) is 10.0 Å². The number of benzene rings is 1. The first-order valence-electron chi connectivity index (χ1n) is 5.27. The second kappa shape index (κ2) is 4.77. The molecule has 0 saturated carbocycles. The zero-order valence-electron chi connectivity index (χ0n) is 9.74. The molecule has 2 rings (SSSR count). The minimum absolute atomic E-state index is 0.150. The van der Waals surface area contributed by atoms with Gasteiger partial charge in [0, 0.05) is 6.54 Å². The highest BCUT2D eigenvalue weighted by atomic mass is 32.2. The molecular formula is C11H12N2O4S. The molecule has 1 aromatic carbocycles. The minimum Gasteiger partial charge on any atom is -0.469 e. The Morgan fingerprint density at radius 2 is 2.11 bits per heavy atom. The molecule has 0 fully saturated rings. The van der Waals surface area contributed by atoms with Crippen molar-refractivity contribution >= 4 is 28.0 Å². The highest BCUT2D eigenvalue weighted by Gasteiger charge is 2.24. The summed E-state index contributed by atoms with van der Waals surface area (Å²) < 4.78 is 31.4. The van der Waals surface area contributed by atoms with Crippen molar-refractivity contribution in [1.82, 2.24) is 0 Å². The molecule has 0 N–H and O–H groups in total. The van der Waals surface area contributed by atoms with Gasteiger partial charge in [-0.2, -0.15) is 8.42 Å². The Bertz CT molecular complexity index is 595. The zero-order valence-corrected chi connectivity index (χ0v) is 10.6. The van der Waals surface area contributed by atoms with Gasteiger partial charge >= 0.3 is 5.97 Å². The molecule has 1 aliphatic heterocycles. The van der Waals surface area contributed by atoms with Gasteiger partial charge in [0.15, 0.2) is 0 Å². The van der Waals surface area contributed by atoms with Gasteiger partial charge in [0.05, 0.1) is 19.2 Å². The normalized spacial score (nSPS) is 16.2. The lowest BCUT2D eigenvalue weighted by Gasteiger charge is -2.24. The molecule has 0 spiro atoms. The largest absolute Gasteiger partial charge is 0.469 e. The highest BCUT2D eigenvalue weighted by molar-refractivity contribution is 7.90. The number of rotatable bonds is 3. The van der Waals surface area contributed by atoms with E-state index in [1.165, 1.54) is 19.5 Å².